The fraction of sp³-hybridized carbons (Fsp3) is 0.300. The summed E-state index contributed by atoms with van der Waals surface area (Å²) >= 11 is 0. The van der Waals surface area contributed by atoms with E-state index in [0.717, 1.165) is 39.5 Å². The molecule has 3 aromatic rings. The number of hydrogen-bond donors (Lipinski definition) is 2. The molecule has 1 aliphatic heterocycles. The molecule has 0 radical (unpaired) electrons. The van der Waals surface area contributed by atoms with E-state index in [4.69, 9.17) is 14.2 Å². The highest BCUT2D eigenvalue weighted by molar-refractivity contribution is 6.01. The topological polar surface area (TPSA) is 68.8 Å². The third-order valence-corrected chi connectivity index (χ3v) is 6.78. The summed E-state index contributed by atoms with van der Waals surface area (Å²) in [5.41, 5.74) is 5.62. The Bertz CT molecular complexity index is 1310. The zero-order chi connectivity index (χ0) is 25.2. The van der Waals surface area contributed by atoms with Crippen LogP contribution in [0.4, 0.5) is 11.4 Å². The molecule has 0 fully saturated rings. The Kier molecular flexibility index (Phi) is 6.59. The second-order valence-electron chi connectivity index (χ2n) is 9.49. The van der Waals surface area contributed by atoms with Crippen LogP contribution >= 0.6 is 0 Å². The molecule has 186 valence electrons. The molecule has 6 heteroatoms. The van der Waals surface area contributed by atoms with Crippen LogP contribution in [0, 0.1) is 0 Å². The number of nitrogens with one attached hydrogen (secondary N) is 2. The summed E-state index contributed by atoms with van der Waals surface area (Å²) in [5, 5.41) is 7.25. The molecule has 5 rings (SSSR count). The fourth-order valence-corrected chi connectivity index (χ4v) is 5.15. The average Bonchev–Trinajstić information content (AvgIpc) is 3.05. The lowest BCUT2D eigenvalue weighted by Crippen LogP contribution is -2.27. The van der Waals surface area contributed by atoms with Gasteiger partial charge < -0.3 is 24.8 Å². The summed E-state index contributed by atoms with van der Waals surface area (Å²) in [4.78, 5) is 13.9. The number of carbonyl (C=O) groups is 1. The number of allylic oxidation sites excluding steroid dienone is 1. The number of hydrogen-bond acceptors (Lipinski definition) is 6. The second-order valence-corrected chi connectivity index (χ2v) is 9.49. The van der Waals surface area contributed by atoms with Crippen LogP contribution in [0.5, 0.6) is 17.2 Å². The number of ether oxygens (including phenoxy) is 3. The Balaban J connectivity index is 1.60. The average molecular weight is 485 g/mol. The van der Waals surface area contributed by atoms with E-state index in [1.165, 1.54) is 0 Å². The molecule has 2 N–H and O–H groups in total. The minimum atomic E-state index is -0.329. The van der Waals surface area contributed by atoms with Crippen molar-refractivity contribution >= 4 is 17.2 Å². The highest BCUT2D eigenvalue weighted by Gasteiger charge is 2.37. The molecule has 0 amide bonds. The van der Waals surface area contributed by atoms with Crippen LogP contribution in [0.2, 0.25) is 0 Å². The Morgan fingerprint density at radius 3 is 2.31 bits per heavy atom. The molecular weight excluding hydrogens is 452 g/mol. The Hall–Kier alpha value is -3.93. The summed E-state index contributed by atoms with van der Waals surface area (Å²) in [6, 6.07) is 21.6. The van der Waals surface area contributed by atoms with E-state index in [9.17, 15) is 4.79 Å². The van der Waals surface area contributed by atoms with E-state index >= 15 is 0 Å². The van der Waals surface area contributed by atoms with Crippen molar-refractivity contribution in [3.05, 3.63) is 89.1 Å². The van der Waals surface area contributed by atoms with Gasteiger partial charge in [0.2, 0.25) is 0 Å². The van der Waals surface area contributed by atoms with Crippen LogP contribution < -0.4 is 24.8 Å². The quantitative estimate of drug-likeness (QED) is 0.418. The van der Waals surface area contributed by atoms with E-state index in [1.807, 2.05) is 80.6 Å². The zero-order valence-corrected chi connectivity index (χ0v) is 21.1. The van der Waals surface area contributed by atoms with Gasteiger partial charge in [0, 0.05) is 23.3 Å². The maximum absolute atomic E-state index is 13.9. The summed E-state index contributed by atoms with van der Waals surface area (Å²) in [6.45, 7) is 4.02. The van der Waals surface area contributed by atoms with Gasteiger partial charge in [0.25, 0.3) is 0 Å². The Morgan fingerprint density at radius 2 is 1.56 bits per heavy atom. The van der Waals surface area contributed by atoms with Crippen molar-refractivity contribution in [3.63, 3.8) is 0 Å². The van der Waals surface area contributed by atoms with Crippen LogP contribution in [0.3, 0.4) is 0 Å². The Labute approximate surface area is 212 Å². The molecule has 1 aliphatic carbocycles. The van der Waals surface area contributed by atoms with Crippen LogP contribution in [0.25, 0.3) is 0 Å². The molecule has 1 heterocycles. The van der Waals surface area contributed by atoms with Gasteiger partial charge in [-0.2, -0.15) is 0 Å². The number of fused-ring (bicyclic) bond motifs is 1. The largest absolute Gasteiger partial charge is 0.493 e. The van der Waals surface area contributed by atoms with Gasteiger partial charge in [-0.3, -0.25) is 4.79 Å². The van der Waals surface area contributed by atoms with Crippen molar-refractivity contribution in [2.24, 2.45) is 0 Å². The maximum atomic E-state index is 13.9. The SMILES string of the molecule is COc1ccc([C@H]2CC(=O)C3=C(C2)Nc2ccccc2N[C@@H]3c2ccccc2OC(C)C)cc1OC. The lowest BCUT2D eigenvalue weighted by molar-refractivity contribution is -0.116. The zero-order valence-electron chi connectivity index (χ0n) is 21.1. The number of ketones is 1. The highest BCUT2D eigenvalue weighted by atomic mass is 16.5. The minimum absolute atomic E-state index is 0.0206. The van der Waals surface area contributed by atoms with Gasteiger partial charge in [0.1, 0.15) is 5.75 Å². The third kappa shape index (κ3) is 4.51. The lowest BCUT2D eigenvalue weighted by atomic mass is 9.78. The number of benzene rings is 3. The van der Waals surface area contributed by atoms with Crippen molar-refractivity contribution in [2.75, 3.05) is 24.9 Å². The van der Waals surface area contributed by atoms with Crippen molar-refractivity contribution in [1.82, 2.24) is 0 Å². The van der Waals surface area contributed by atoms with E-state index in [2.05, 4.69) is 10.6 Å². The van der Waals surface area contributed by atoms with E-state index in [1.54, 1.807) is 14.2 Å². The van der Waals surface area contributed by atoms with Crippen molar-refractivity contribution in [3.8, 4) is 17.2 Å². The molecule has 2 atom stereocenters. The van der Waals surface area contributed by atoms with Crippen molar-refractivity contribution in [2.45, 2.75) is 44.8 Å². The number of para-hydroxylation sites is 3. The molecule has 0 unspecified atom stereocenters. The molecule has 3 aromatic carbocycles. The standard InChI is InChI=1S/C30H32N2O4/c1-18(2)36-26-12-8-5-9-21(26)30-29-24(31-22-10-6-7-11-23(22)32-30)15-20(16-25(29)33)19-13-14-27(34-3)28(17-19)35-4/h5-14,17-18,20,30-32H,15-16H2,1-4H3/t20-,30-/m1/s1. The minimum Gasteiger partial charge on any atom is -0.493 e. The van der Waals surface area contributed by atoms with Crippen molar-refractivity contribution < 1.29 is 19.0 Å². The predicted octanol–water partition coefficient (Wildman–Crippen LogP) is 6.47. The van der Waals surface area contributed by atoms with Gasteiger partial charge in [-0.05, 0) is 62.1 Å². The smallest absolute Gasteiger partial charge is 0.163 e. The molecule has 36 heavy (non-hydrogen) atoms. The van der Waals surface area contributed by atoms with Gasteiger partial charge in [-0.15, -0.1) is 0 Å². The Morgan fingerprint density at radius 1 is 0.833 bits per heavy atom. The van der Waals surface area contributed by atoms with E-state index in [-0.39, 0.29) is 23.8 Å². The number of anilines is 2. The summed E-state index contributed by atoms with van der Waals surface area (Å²) in [6.07, 6.45) is 1.14. The first-order chi connectivity index (χ1) is 17.5. The van der Waals surface area contributed by atoms with Crippen LogP contribution in [0.1, 0.15) is 49.8 Å². The van der Waals surface area contributed by atoms with Crippen LogP contribution in [-0.4, -0.2) is 26.1 Å². The first-order valence-electron chi connectivity index (χ1n) is 12.3. The fourth-order valence-electron chi connectivity index (χ4n) is 5.15. The molecule has 0 spiro atoms. The monoisotopic (exact) mass is 484 g/mol. The number of rotatable bonds is 6. The van der Waals surface area contributed by atoms with Crippen molar-refractivity contribution in [1.29, 1.82) is 0 Å². The number of methoxy groups -OCH3 is 2. The second kappa shape index (κ2) is 9.97. The first-order valence-corrected chi connectivity index (χ1v) is 12.3. The number of Topliss-reactive ketones (excluding diaryl/α,β-unsaturated/α-hetero) is 1. The van der Waals surface area contributed by atoms with E-state index in [0.29, 0.717) is 24.3 Å². The molecule has 0 aromatic heterocycles. The normalized spacial score (nSPS) is 19.0. The van der Waals surface area contributed by atoms with Gasteiger partial charge >= 0.3 is 0 Å². The van der Waals surface area contributed by atoms with Gasteiger partial charge in [0.15, 0.2) is 17.3 Å². The van der Waals surface area contributed by atoms with Crippen LogP contribution in [-0.2, 0) is 4.79 Å². The third-order valence-electron chi connectivity index (χ3n) is 6.78. The maximum Gasteiger partial charge on any atom is 0.163 e. The van der Waals surface area contributed by atoms with Gasteiger partial charge in [-0.1, -0.05) is 36.4 Å². The predicted molar refractivity (Wildman–Crippen MR) is 142 cm³/mol. The molecule has 0 bridgehead atoms. The summed E-state index contributed by atoms with van der Waals surface area (Å²) in [7, 11) is 3.25. The first kappa shape index (κ1) is 23.8. The van der Waals surface area contributed by atoms with E-state index < -0.39 is 0 Å². The molecule has 0 saturated carbocycles. The van der Waals surface area contributed by atoms with Crippen LogP contribution in [0.15, 0.2) is 78.0 Å². The van der Waals surface area contributed by atoms with Gasteiger partial charge in [-0.25, -0.2) is 0 Å². The summed E-state index contributed by atoms with van der Waals surface area (Å²) < 4.78 is 17.1. The number of carbonyl (C=O) groups excluding carboxylic acids is 1. The molecule has 2 aliphatic rings. The molecule has 6 nitrogen and oxygen atoms in total. The molecular formula is C30H32N2O4. The lowest BCUT2D eigenvalue weighted by Gasteiger charge is -2.31. The summed E-state index contributed by atoms with van der Waals surface area (Å²) in [5.74, 6) is 2.27. The highest BCUT2D eigenvalue weighted by Crippen LogP contribution is 2.46. The van der Waals surface area contributed by atoms with Gasteiger partial charge in [0.05, 0.1) is 37.7 Å². The molecule has 0 saturated heterocycles.